The molecule has 0 aromatic carbocycles. The average molecular weight is 159 g/mol. The number of ether oxygens (including phenoxy) is 2. The Morgan fingerprint density at radius 3 is 2.91 bits per heavy atom. The number of hydroxylamine groups is 1. The van der Waals surface area contributed by atoms with E-state index in [1.54, 1.807) is 13.3 Å². The van der Waals surface area contributed by atoms with Gasteiger partial charge >= 0.3 is 0 Å². The summed E-state index contributed by atoms with van der Waals surface area (Å²) >= 11 is 0. The second-order valence-corrected chi connectivity index (χ2v) is 2.88. The summed E-state index contributed by atoms with van der Waals surface area (Å²) in [7, 11) is 1.56. The third-order valence-corrected chi connectivity index (χ3v) is 1.75. The first-order chi connectivity index (χ1) is 5.16. The standard InChI is InChI=1S/C7H13NO3/c1-7(11-6-10-2)3-4-8(9)5-7/h5H,3-4,6H2,1-2H3/t7-/m1/s1. The van der Waals surface area contributed by atoms with Gasteiger partial charge < -0.3 is 14.7 Å². The summed E-state index contributed by atoms with van der Waals surface area (Å²) in [6.07, 6.45) is 2.28. The van der Waals surface area contributed by atoms with Crippen molar-refractivity contribution in [3.63, 3.8) is 0 Å². The van der Waals surface area contributed by atoms with Gasteiger partial charge in [0, 0.05) is 13.5 Å². The van der Waals surface area contributed by atoms with Gasteiger partial charge in [0.2, 0.25) is 0 Å². The molecule has 4 heteroatoms. The van der Waals surface area contributed by atoms with Gasteiger partial charge in [-0.3, -0.25) is 0 Å². The second kappa shape index (κ2) is 3.19. The van der Waals surface area contributed by atoms with E-state index in [1.807, 2.05) is 6.92 Å². The van der Waals surface area contributed by atoms with Crippen molar-refractivity contribution in [1.29, 1.82) is 0 Å². The van der Waals surface area contributed by atoms with Crippen LogP contribution in [0.15, 0.2) is 0 Å². The van der Waals surface area contributed by atoms with Crippen LogP contribution in [-0.2, 0) is 9.47 Å². The molecule has 0 saturated heterocycles. The maximum absolute atomic E-state index is 10.8. The molecule has 1 rings (SSSR count). The summed E-state index contributed by atoms with van der Waals surface area (Å²) in [5, 5.41) is 10.8. The van der Waals surface area contributed by atoms with Crippen LogP contribution in [0.4, 0.5) is 0 Å². The molecule has 0 saturated carbocycles. The van der Waals surface area contributed by atoms with Gasteiger partial charge in [0.15, 0.2) is 18.4 Å². The summed E-state index contributed by atoms with van der Waals surface area (Å²) in [5.41, 5.74) is -0.419. The summed E-state index contributed by atoms with van der Waals surface area (Å²) < 4.78 is 10.9. The molecule has 0 unspecified atom stereocenters. The summed E-state index contributed by atoms with van der Waals surface area (Å²) in [4.78, 5) is 0. The third kappa shape index (κ3) is 2.17. The SMILES string of the molecule is COCO[C@@]1(C)C=[N+]([O-])CC1. The highest BCUT2D eigenvalue weighted by Crippen LogP contribution is 2.17. The van der Waals surface area contributed by atoms with Crippen molar-refractivity contribution < 1.29 is 14.2 Å². The molecule has 1 aliphatic rings. The molecule has 0 spiro atoms. The molecule has 0 fully saturated rings. The first kappa shape index (κ1) is 8.49. The van der Waals surface area contributed by atoms with Crippen LogP contribution in [0.1, 0.15) is 13.3 Å². The lowest BCUT2D eigenvalue weighted by Gasteiger charge is -2.16. The lowest BCUT2D eigenvalue weighted by molar-refractivity contribution is -0.443. The Balaban J connectivity index is 2.42. The van der Waals surface area contributed by atoms with Gasteiger partial charge in [0.1, 0.15) is 6.79 Å². The zero-order chi connectivity index (χ0) is 8.32. The third-order valence-electron chi connectivity index (χ3n) is 1.75. The van der Waals surface area contributed by atoms with Crippen LogP contribution in [0.5, 0.6) is 0 Å². The zero-order valence-corrected chi connectivity index (χ0v) is 6.87. The van der Waals surface area contributed by atoms with Crippen LogP contribution in [0.25, 0.3) is 0 Å². The maximum Gasteiger partial charge on any atom is 0.183 e. The smallest absolute Gasteiger partial charge is 0.183 e. The van der Waals surface area contributed by atoms with E-state index < -0.39 is 5.60 Å². The zero-order valence-electron chi connectivity index (χ0n) is 6.87. The Hall–Kier alpha value is -0.610. The van der Waals surface area contributed by atoms with Crippen molar-refractivity contribution in [2.75, 3.05) is 20.4 Å². The van der Waals surface area contributed by atoms with Crippen molar-refractivity contribution in [1.82, 2.24) is 0 Å². The van der Waals surface area contributed by atoms with E-state index >= 15 is 0 Å². The minimum Gasteiger partial charge on any atom is -0.624 e. The highest BCUT2D eigenvalue weighted by atomic mass is 16.7. The van der Waals surface area contributed by atoms with Crippen LogP contribution in [0.2, 0.25) is 0 Å². The van der Waals surface area contributed by atoms with Crippen molar-refractivity contribution in [2.45, 2.75) is 18.9 Å². The summed E-state index contributed by atoms with van der Waals surface area (Å²) in [6, 6.07) is 0. The fourth-order valence-electron chi connectivity index (χ4n) is 1.07. The predicted molar refractivity (Wildman–Crippen MR) is 40.5 cm³/mol. The van der Waals surface area contributed by atoms with Gasteiger partial charge in [-0.2, -0.15) is 0 Å². The largest absolute Gasteiger partial charge is 0.624 e. The molecule has 0 aliphatic carbocycles. The summed E-state index contributed by atoms with van der Waals surface area (Å²) in [6.45, 7) is 2.63. The van der Waals surface area contributed by atoms with E-state index in [0.29, 0.717) is 6.54 Å². The molecular weight excluding hydrogens is 146 g/mol. The van der Waals surface area contributed by atoms with Crippen LogP contribution in [0, 0.1) is 5.21 Å². The molecule has 64 valence electrons. The molecule has 0 N–H and O–H groups in total. The maximum atomic E-state index is 10.8. The quantitative estimate of drug-likeness (QED) is 0.339. The number of hydrogen-bond donors (Lipinski definition) is 0. The molecule has 1 aliphatic heterocycles. The monoisotopic (exact) mass is 159 g/mol. The molecular formula is C7H13NO3. The van der Waals surface area contributed by atoms with Gasteiger partial charge in [0.05, 0.1) is 0 Å². The molecule has 0 bridgehead atoms. The lowest BCUT2D eigenvalue weighted by Crippen LogP contribution is -2.29. The van der Waals surface area contributed by atoms with Crippen LogP contribution >= 0.6 is 0 Å². The van der Waals surface area contributed by atoms with Crippen LogP contribution < -0.4 is 0 Å². The van der Waals surface area contributed by atoms with Gasteiger partial charge in [-0.25, -0.2) is 4.74 Å². The van der Waals surface area contributed by atoms with Gasteiger partial charge in [-0.1, -0.05) is 0 Å². The molecule has 1 heterocycles. The Kier molecular flexibility index (Phi) is 2.46. The number of nitrogens with zero attached hydrogens (tertiary/aromatic N) is 1. The van der Waals surface area contributed by atoms with Crippen LogP contribution in [0.3, 0.4) is 0 Å². The van der Waals surface area contributed by atoms with Crippen molar-refractivity contribution in [2.24, 2.45) is 0 Å². The van der Waals surface area contributed by atoms with Crippen molar-refractivity contribution in [3.8, 4) is 0 Å². The molecule has 11 heavy (non-hydrogen) atoms. The Morgan fingerprint density at radius 1 is 1.73 bits per heavy atom. The molecule has 4 nitrogen and oxygen atoms in total. The van der Waals surface area contributed by atoms with E-state index in [2.05, 4.69) is 0 Å². The highest BCUT2D eigenvalue weighted by Gasteiger charge is 2.33. The first-order valence-corrected chi connectivity index (χ1v) is 3.59. The second-order valence-electron chi connectivity index (χ2n) is 2.88. The molecule has 0 aromatic rings. The van der Waals surface area contributed by atoms with E-state index in [-0.39, 0.29) is 6.79 Å². The van der Waals surface area contributed by atoms with Gasteiger partial charge in [-0.15, -0.1) is 0 Å². The van der Waals surface area contributed by atoms with Crippen LogP contribution in [-0.4, -0.2) is 37.0 Å². The Morgan fingerprint density at radius 2 is 2.45 bits per heavy atom. The normalized spacial score (nSPS) is 30.5. The number of methoxy groups -OCH3 is 1. The Bertz CT molecular complexity index is 169. The molecule has 0 amide bonds. The molecule has 0 radical (unpaired) electrons. The topological polar surface area (TPSA) is 44.5 Å². The van der Waals surface area contributed by atoms with E-state index in [0.717, 1.165) is 11.2 Å². The fraction of sp³-hybridized carbons (Fsp3) is 0.857. The van der Waals surface area contributed by atoms with Crippen molar-refractivity contribution in [3.05, 3.63) is 5.21 Å². The van der Waals surface area contributed by atoms with Crippen molar-refractivity contribution >= 4 is 6.21 Å². The van der Waals surface area contributed by atoms with Gasteiger partial charge in [0.25, 0.3) is 0 Å². The lowest BCUT2D eigenvalue weighted by atomic mass is 10.1. The molecule has 0 aromatic heterocycles. The molecule has 1 atom stereocenters. The predicted octanol–water partition coefficient (Wildman–Crippen LogP) is 0.350. The van der Waals surface area contributed by atoms with E-state index in [1.165, 1.54) is 0 Å². The number of rotatable bonds is 3. The fourth-order valence-corrected chi connectivity index (χ4v) is 1.07. The first-order valence-electron chi connectivity index (χ1n) is 3.59. The minimum atomic E-state index is -0.419. The Labute approximate surface area is 66.0 Å². The van der Waals surface area contributed by atoms with E-state index in [9.17, 15) is 5.21 Å². The highest BCUT2D eigenvalue weighted by molar-refractivity contribution is 5.64. The summed E-state index contributed by atoms with van der Waals surface area (Å²) in [5.74, 6) is 0. The average Bonchev–Trinajstić information content (AvgIpc) is 2.28. The minimum absolute atomic E-state index is 0.237. The van der Waals surface area contributed by atoms with E-state index in [4.69, 9.17) is 9.47 Å². The van der Waals surface area contributed by atoms with Gasteiger partial charge in [-0.05, 0) is 6.92 Å². The number of hydrogen-bond acceptors (Lipinski definition) is 3.